The zero-order valence-electron chi connectivity index (χ0n) is 13.8. The molecule has 1 aliphatic rings. The van der Waals surface area contributed by atoms with Gasteiger partial charge in [0.25, 0.3) is 0 Å². The summed E-state index contributed by atoms with van der Waals surface area (Å²) in [5.41, 5.74) is 0.263. The highest BCUT2D eigenvalue weighted by Gasteiger charge is 2.44. The number of nitrogens with one attached hydrogen (secondary N) is 1. The van der Waals surface area contributed by atoms with E-state index in [1.54, 1.807) is 12.1 Å². The largest absolute Gasteiger partial charge is 0.468 e. The molecular weight excluding hydrogens is 318 g/mol. The van der Waals surface area contributed by atoms with Gasteiger partial charge in [0.1, 0.15) is 11.6 Å². The normalized spacial score (nSPS) is 24.3. The smallest absolute Gasteiger partial charge is 0.322 e. The van der Waals surface area contributed by atoms with Crippen molar-refractivity contribution in [1.29, 1.82) is 0 Å². The number of methoxy groups -OCH3 is 1. The molecule has 1 aromatic rings. The lowest BCUT2D eigenvalue weighted by atomic mass is 9.93. The summed E-state index contributed by atoms with van der Waals surface area (Å²) in [6.45, 7) is 5.46. The van der Waals surface area contributed by atoms with Gasteiger partial charge in [0.05, 0.1) is 13.0 Å². The zero-order chi connectivity index (χ0) is 17.2. The van der Waals surface area contributed by atoms with Crippen LogP contribution in [0, 0.1) is 5.92 Å². The first-order valence-corrected chi connectivity index (χ1v) is 7.91. The van der Waals surface area contributed by atoms with Gasteiger partial charge >= 0.3 is 11.9 Å². The van der Waals surface area contributed by atoms with Crippen LogP contribution < -0.4 is 5.32 Å². The molecule has 1 fully saturated rings. The van der Waals surface area contributed by atoms with Crippen molar-refractivity contribution in [2.75, 3.05) is 7.11 Å². The molecule has 0 aromatic heterocycles. The first-order valence-electron chi connectivity index (χ1n) is 7.53. The fourth-order valence-corrected chi connectivity index (χ4v) is 2.93. The van der Waals surface area contributed by atoms with Gasteiger partial charge in [0.15, 0.2) is 0 Å². The van der Waals surface area contributed by atoms with Crippen LogP contribution in [0.25, 0.3) is 0 Å². The van der Waals surface area contributed by atoms with Gasteiger partial charge in [0.2, 0.25) is 0 Å². The van der Waals surface area contributed by atoms with E-state index in [4.69, 9.17) is 21.1 Å². The molecule has 0 spiro atoms. The van der Waals surface area contributed by atoms with E-state index in [1.165, 1.54) is 7.11 Å². The van der Waals surface area contributed by atoms with E-state index in [0.717, 1.165) is 5.56 Å². The lowest BCUT2D eigenvalue weighted by Crippen LogP contribution is -2.33. The minimum atomic E-state index is -0.584. The molecule has 2 rings (SSSR count). The van der Waals surface area contributed by atoms with Gasteiger partial charge in [-0.2, -0.15) is 0 Å². The maximum absolute atomic E-state index is 12.5. The van der Waals surface area contributed by atoms with E-state index in [9.17, 15) is 9.59 Å². The van der Waals surface area contributed by atoms with E-state index in [2.05, 4.69) is 5.32 Å². The van der Waals surface area contributed by atoms with Crippen molar-refractivity contribution in [2.24, 2.45) is 5.92 Å². The maximum Gasteiger partial charge on any atom is 0.322 e. The number of ether oxygens (including phenoxy) is 2. The van der Waals surface area contributed by atoms with Crippen LogP contribution in [0.3, 0.4) is 0 Å². The van der Waals surface area contributed by atoms with Gasteiger partial charge in [0, 0.05) is 11.1 Å². The second kappa shape index (κ2) is 6.89. The van der Waals surface area contributed by atoms with Crippen LogP contribution in [-0.4, -0.2) is 30.7 Å². The number of rotatable bonds is 3. The van der Waals surface area contributed by atoms with Crippen LogP contribution in [0.5, 0.6) is 0 Å². The first kappa shape index (κ1) is 17.8. The Morgan fingerprint density at radius 3 is 2.52 bits per heavy atom. The molecule has 1 heterocycles. The van der Waals surface area contributed by atoms with E-state index in [1.807, 2.05) is 32.9 Å². The van der Waals surface area contributed by atoms with Crippen LogP contribution in [0.15, 0.2) is 24.3 Å². The Morgan fingerprint density at radius 1 is 1.26 bits per heavy atom. The van der Waals surface area contributed by atoms with Gasteiger partial charge in [-0.05, 0) is 44.9 Å². The molecule has 0 saturated carbocycles. The number of esters is 2. The molecule has 0 unspecified atom stereocenters. The second-order valence-electron chi connectivity index (χ2n) is 6.65. The predicted octanol–water partition coefficient (Wildman–Crippen LogP) is 2.87. The van der Waals surface area contributed by atoms with E-state index in [-0.39, 0.29) is 18.0 Å². The Balaban J connectivity index is 2.28. The summed E-state index contributed by atoms with van der Waals surface area (Å²) >= 11 is 6.05. The molecule has 3 atom stereocenters. The molecular formula is C17H22ClNO4. The Hall–Kier alpha value is -1.59. The fraction of sp³-hybridized carbons (Fsp3) is 0.529. The Morgan fingerprint density at radius 2 is 1.96 bits per heavy atom. The van der Waals surface area contributed by atoms with Gasteiger partial charge in [-0.1, -0.05) is 23.7 Å². The minimum Gasteiger partial charge on any atom is -0.468 e. The van der Waals surface area contributed by atoms with E-state index in [0.29, 0.717) is 11.4 Å². The molecule has 1 aliphatic heterocycles. The zero-order valence-corrected chi connectivity index (χ0v) is 14.5. The van der Waals surface area contributed by atoms with Crippen LogP contribution in [0.2, 0.25) is 5.02 Å². The molecule has 0 amide bonds. The number of benzene rings is 1. The van der Waals surface area contributed by atoms with Crippen molar-refractivity contribution in [1.82, 2.24) is 5.32 Å². The van der Waals surface area contributed by atoms with Gasteiger partial charge in [-0.15, -0.1) is 0 Å². The van der Waals surface area contributed by atoms with E-state index < -0.39 is 17.6 Å². The highest BCUT2D eigenvalue weighted by atomic mass is 35.5. The monoisotopic (exact) mass is 339 g/mol. The predicted molar refractivity (Wildman–Crippen MR) is 87.1 cm³/mol. The van der Waals surface area contributed by atoms with Crippen LogP contribution in [0.4, 0.5) is 0 Å². The van der Waals surface area contributed by atoms with Crippen molar-refractivity contribution >= 4 is 23.5 Å². The van der Waals surface area contributed by atoms with E-state index >= 15 is 0 Å². The molecule has 126 valence electrons. The topological polar surface area (TPSA) is 64.6 Å². The lowest BCUT2D eigenvalue weighted by molar-refractivity contribution is -0.160. The number of hydrogen-bond donors (Lipinski definition) is 1. The van der Waals surface area contributed by atoms with Gasteiger partial charge in [-0.25, -0.2) is 0 Å². The standard InChI is InChI=1S/C17H22ClNO4/c1-17(2,3)23-15(20)12-9-13(16(21)22-4)19-14(12)10-6-5-7-11(18)8-10/h5-8,12-14,19H,9H2,1-4H3/t12-,13-,14-/m1/s1. The van der Waals surface area contributed by atoms with Crippen LogP contribution in [0.1, 0.15) is 38.8 Å². The second-order valence-corrected chi connectivity index (χ2v) is 7.09. The average molecular weight is 340 g/mol. The van der Waals surface area contributed by atoms with Crippen LogP contribution in [-0.2, 0) is 19.1 Å². The maximum atomic E-state index is 12.5. The van der Waals surface area contributed by atoms with Gasteiger partial charge in [-0.3, -0.25) is 14.9 Å². The van der Waals surface area contributed by atoms with Crippen LogP contribution >= 0.6 is 11.6 Å². The molecule has 1 aromatic carbocycles. The summed E-state index contributed by atoms with van der Waals surface area (Å²) in [4.78, 5) is 24.4. The molecule has 5 nitrogen and oxygen atoms in total. The van der Waals surface area contributed by atoms with Crippen molar-refractivity contribution in [3.63, 3.8) is 0 Å². The van der Waals surface area contributed by atoms with Crippen molar-refractivity contribution in [2.45, 2.75) is 44.9 Å². The van der Waals surface area contributed by atoms with Crippen molar-refractivity contribution in [3.05, 3.63) is 34.9 Å². The molecule has 0 radical (unpaired) electrons. The van der Waals surface area contributed by atoms with Gasteiger partial charge < -0.3 is 9.47 Å². The van der Waals surface area contributed by atoms with Crippen molar-refractivity contribution in [3.8, 4) is 0 Å². The summed E-state index contributed by atoms with van der Waals surface area (Å²) in [5.74, 6) is -1.19. The average Bonchev–Trinajstić information content (AvgIpc) is 2.90. The fourth-order valence-electron chi connectivity index (χ4n) is 2.74. The molecule has 1 N–H and O–H groups in total. The molecule has 1 saturated heterocycles. The molecule has 6 heteroatoms. The third-order valence-corrected chi connectivity index (χ3v) is 3.91. The number of carbonyl (C=O) groups is 2. The number of carbonyl (C=O) groups excluding carboxylic acids is 2. The highest BCUT2D eigenvalue weighted by Crippen LogP contribution is 2.35. The molecule has 0 aliphatic carbocycles. The number of halogens is 1. The Kier molecular flexibility index (Phi) is 5.32. The lowest BCUT2D eigenvalue weighted by Gasteiger charge is -2.25. The minimum absolute atomic E-state index is 0.332. The Bertz CT molecular complexity index is 597. The Labute approximate surface area is 141 Å². The quantitative estimate of drug-likeness (QED) is 0.858. The van der Waals surface area contributed by atoms with Crippen molar-refractivity contribution < 1.29 is 19.1 Å². The molecule has 0 bridgehead atoms. The first-order chi connectivity index (χ1) is 10.7. The molecule has 23 heavy (non-hydrogen) atoms. The third kappa shape index (κ3) is 4.45. The summed E-state index contributed by atoms with van der Waals surface area (Å²) in [6, 6.07) is 6.36. The third-order valence-electron chi connectivity index (χ3n) is 3.68. The number of hydrogen-bond acceptors (Lipinski definition) is 5. The highest BCUT2D eigenvalue weighted by molar-refractivity contribution is 6.30. The summed E-state index contributed by atoms with van der Waals surface area (Å²) in [6.07, 6.45) is 0.332. The summed E-state index contributed by atoms with van der Waals surface area (Å²) in [7, 11) is 1.33. The summed E-state index contributed by atoms with van der Waals surface area (Å²) in [5, 5.41) is 3.75. The summed E-state index contributed by atoms with van der Waals surface area (Å²) < 4.78 is 10.3. The SMILES string of the molecule is COC(=O)[C@H]1C[C@@H](C(=O)OC(C)(C)C)[C@@H](c2cccc(Cl)c2)N1.